The number of carbonyl (C=O) groups excluding carboxylic acids is 2. The van der Waals surface area contributed by atoms with Gasteiger partial charge in [0.05, 0.1) is 17.8 Å². The van der Waals surface area contributed by atoms with Crippen molar-refractivity contribution in [3.8, 4) is 5.75 Å². The second kappa shape index (κ2) is 12.4. The molecule has 0 unspecified atom stereocenters. The molecule has 2 aromatic rings. The summed E-state index contributed by atoms with van der Waals surface area (Å²) in [5, 5.41) is 13.9. The number of methoxy groups -OCH3 is 1. The summed E-state index contributed by atoms with van der Waals surface area (Å²) in [5.41, 5.74) is 1.85. The zero-order chi connectivity index (χ0) is 24.5. The molecule has 0 bridgehead atoms. The second-order valence-corrected chi connectivity index (χ2v) is 9.44. The van der Waals surface area contributed by atoms with Gasteiger partial charge in [0.2, 0.25) is 11.8 Å². The molecule has 1 N–H and O–H groups in total. The number of hydrogen-bond donors (Lipinski definition) is 1. The molecular formula is C25H31N3O5S. The van der Waals surface area contributed by atoms with Crippen molar-refractivity contribution < 1.29 is 19.2 Å². The molecule has 182 valence electrons. The molecule has 2 aromatic carbocycles. The summed E-state index contributed by atoms with van der Waals surface area (Å²) in [5.74, 6) is 1.22. The molecule has 34 heavy (non-hydrogen) atoms. The molecule has 2 amide bonds. The summed E-state index contributed by atoms with van der Waals surface area (Å²) < 4.78 is 5.21. The Hall–Kier alpha value is -3.07. The van der Waals surface area contributed by atoms with Crippen LogP contribution in [0, 0.1) is 10.1 Å². The number of nitrogens with zero attached hydrogens (tertiary/aromatic N) is 2. The molecule has 0 aromatic heterocycles. The van der Waals surface area contributed by atoms with Crippen LogP contribution in [-0.2, 0) is 21.9 Å². The maximum atomic E-state index is 13.2. The van der Waals surface area contributed by atoms with Crippen molar-refractivity contribution in [2.24, 2.45) is 0 Å². The van der Waals surface area contributed by atoms with Crippen molar-refractivity contribution in [3.05, 3.63) is 69.8 Å². The molecule has 1 atom stereocenters. The van der Waals surface area contributed by atoms with E-state index in [1.165, 1.54) is 23.9 Å². The average molecular weight is 486 g/mol. The van der Waals surface area contributed by atoms with Crippen molar-refractivity contribution in [1.82, 2.24) is 10.2 Å². The van der Waals surface area contributed by atoms with Gasteiger partial charge in [-0.05, 0) is 43.0 Å². The van der Waals surface area contributed by atoms with E-state index in [9.17, 15) is 19.7 Å². The van der Waals surface area contributed by atoms with Gasteiger partial charge in [-0.3, -0.25) is 19.7 Å². The highest BCUT2D eigenvalue weighted by Gasteiger charge is 2.28. The number of benzene rings is 2. The Kier molecular flexibility index (Phi) is 9.33. The number of rotatable bonds is 11. The van der Waals surface area contributed by atoms with E-state index < -0.39 is 11.0 Å². The van der Waals surface area contributed by atoms with Crippen LogP contribution in [0.1, 0.15) is 43.7 Å². The van der Waals surface area contributed by atoms with Gasteiger partial charge in [-0.2, -0.15) is 0 Å². The van der Waals surface area contributed by atoms with Gasteiger partial charge in [-0.25, -0.2) is 0 Å². The van der Waals surface area contributed by atoms with Gasteiger partial charge in [-0.1, -0.05) is 37.1 Å². The highest BCUT2D eigenvalue weighted by Crippen LogP contribution is 2.21. The third-order valence-corrected chi connectivity index (χ3v) is 7.01. The fourth-order valence-electron chi connectivity index (χ4n) is 3.96. The van der Waals surface area contributed by atoms with Crippen LogP contribution >= 0.6 is 11.8 Å². The topological polar surface area (TPSA) is 102 Å². The third-order valence-electron chi connectivity index (χ3n) is 6.02. The van der Waals surface area contributed by atoms with Gasteiger partial charge in [0.1, 0.15) is 11.8 Å². The van der Waals surface area contributed by atoms with E-state index in [1.807, 2.05) is 24.3 Å². The number of amides is 2. The Morgan fingerprint density at radius 1 is 1.12 bits per heavy atom. The standard InChI is InChI=1S/C25H31N3O5S/c1-18(25(30)26-21-5-3-4-6-21)27(15-19-9-13-23(33-2)14-10-19)24(29)17-34-16-20-7-11-22(12-8-20)28(31)32/h7-14,18,21H,3-6,15-17H2,1-2H3,(H,26,30)/t18-/m1/s1. The smallest absolute Gasteiger partial charge is 0.269 e. The van der Waals surface area contributed by atoms with Crippen LogP contribution in [0.2, 0.25) is 0 Å². The third kappa shape index (κ3) is 7.21. The van der Waals surface area contributed by atoms with Crippen LogP contribution in [0.4, 0.5) is 5.69 Å². The Morgan fingerprint density at radius 2 is 1.74 bits per heavy atom. The Bertz CT molecular complexity index is 975. The largest absolute Gasteiger partial charge is 0.497 e. The van der Waals surface area contributed by atoms with Crippen LogP contribution in [-0.4, -0.2) is 46.6 Å². The van der Waals surface area contributed by atoms with E-state index in [4.69, 9.17) is 4.74 Å². The highest BCUT2D eigenvalue weighted by molar-refractivity contribution is 7.99. The van der Waals surface area contributed by atoms with E-state index in [0.29, 0.717) is 12.3 Å². The predicted octanol–water partition coefficient (Wildman–Crippen LogP) is 4.31. The summed E-state index contributed by atoms with van der Waals surface area (Å²) >= 11 is 1.42. The van der Waals surface area contributed by atoms with Crippen molar-refractivity contribution in [2.75, 3.05) is 12.9 Å². The molecule has 8 nitrogen and oxygen atoms in total. The normalized spacial score (nSPS) is 14.4. The van der Waals surface area contributed by atoms with Crippen LogP contribution in [0.25, 0.3) is 0 Å². The van der Waals surface area contributed by atoms with Crippen LogP contribution in [0.15, 0.2) is 48.5 Å². The van der Waals surface area contributed by atoms with Crippen molar-refractivity contribution >= 4 is 29.3 Å². The lowest BCUT2D eigenvalue weighted by molar-refractivity contribution is -0.384. The first kappa shape index (κ1) is 25.6. The summed E-state index contributed by atoms with van der Waals surface area (Å²) in [4.78, 5) is 38.1. The number of nitro groups is 1. The van der Waals surface area contributed by atoms with Crippen LogP contribution in [0.5, 0.6) is 5.75 Å². The molecule has 0 heterocycles. The lowest BCUT2D eigenvalue weighted by Gasteiger charge is -2.29. The van der Waals surface area contributed by atoms with Gasteiger partial charge >= 0.3 is 0 Å². The van der Waals surface area contributed by atoms with Gasteiger partial charge in [0.25, 0.3) is 5.69 Å². The average Bonchev–Trinajstić information content (AvgIpc) is 3.35. The fourth-order valence-corrected chi connectivity index (χ4v) is 4.83. The van der Waals surface area contributed by atoms with Crippen molar-refractivity contribution in [3.63, 3.8) is 0 Å². The number of ether oxygens (including phenoxy) is 1. The molecule has 1 fully saturated rings. The van der Waals surface area contributed by atoms with Crippen LogP contribution < -0.4 is 10.1 Å². The Balaban J connectivity index is 1.64. The van der Waals surface area contributed by atoms with E-state index in [1.54, 1.807) is 31.1 Å². The zero-order valence-corrected chi connectivity index (χ0v) is 20.4. The molecular weight excluding hydrogens is 454 g/mol. The maximum absolute atomic E-state index is 13.2. The quantitative estimate of drug-likeness (QED) is 0.376. The Morgan fingerprint density at radius 3 is 2.32 bits per heavy atom. The van der Waals surface area contributed by atoms with Crippen molar-refractivity contribution in [2.45, 2.75) is 57.0 Å². The predicted molar refractivity (Wildman–Crippen MR) is 133 cm³/mol. The minimum atomic E-state index is -0.602. The van der Waals surface area contributed by atoms with Gasteiger partial charge in [0.15, 0.2) is 0 Å². The first-order valence-electron chi connectivity index (χ1n) is 11.4. The Labute approximate surface area is 204 Å². The minimum Gasteiger partial charge on any atom is -0.497 e. The molecule has 0 radical (unpaired) electrons. The number of carbonyl (C=O) groups is 2. The second-order valence-electron chi connectivity index (χ2n) is 8.45. The van der Waals surface area contributed by atoms with Crippen LogP contribution in [0.3, 0.4) is 0 Å². The van der Waals surface area contributed by atoms with E-state index in [2.05, 4.69) is 5.32 Å². The number of hydrogen-bond acceptors (Lipinski definition) is 6. The van der Waals surface area contributed by atoms with Gasteiger partial charge < -0.3 is 15.0 Å². The SMILES string of the molecule is COc1ccc(CN(C(=O)CSCc2ccc([N+](=O)[O-])cc2)[C@H](C)C(=O)NC2CCCC2)cc1. The minimum absolute atomic E-state index is 0.0394. The highest BCUT2D eigenvalue weighted by atomic mass is 32.2. The number of non-ortho nitro benzene ring substituents is 1. The monoisotopic (exact) mass is 485 g/mol. The lowest BCUT2D eigenvalue weighted by atomic mass is 10.1. The lowest BCUT2D eigenvalue weighted by Crippen LogP contribution is -2.50. The summed E-state index contributed by atoms with van der Waals surface area (Å²) in [6, 6.07) is 13.4. The first-order chi connectivity index (χ1) is 16.4. The zero-order valence-electron chi connectivity index (χ0n) is 19.6. The first-order valence-corrected chi connectivity index (χ1v) is 12.6. The molecule has 1 saturated carbocycles. The fraction of sp³-hybridized carbons (Fsp3) is 0.440. The summed E-state index contributed by atoms with van der Waals surface area (Å²) in [6.07, 6.45) is 4.20. The molecule has 0 saturated heterocycles. The molecule has 0 aliphatic heterocycles. The van der Waals surface area contributed by atoms with Gasteiger partial charge in [-0.15, -0.1) is 11.8 Å². The molecule has 1 aliphatic rings. The molecule has 1 aliphatic carbocycles. The summed E-state index contributed by atoms with van der Waals surface area (Å²) in [7, 11) is 1.60. The van der Waals surface area contributed by atoms with Gasteiger partial charge in [0, 0.05) is 30.5 Å². The van der Waals surface area contributed by atoms with E-state index >= 15 is 0 Å². The number of nitrogens with one attached hydrogen (secondary N) is 1. The van der Waals surface area contributed by atoms with E-state index in [-0.39, 0.29) is 29.3 Å². The summed E-state index contributed by atoms with van der Waals surface area (Å²) in [6.45, 7) is 2.09. The molecule has 9 heteroatoms. The van der Waals surface area contributed by atoms with E-state index in [0.717, 1.165) is 42.6 Å². The number of nitro benzene ring substituents is 1. The van der Waals surface area contributed by atoms with Crippen molar-refractivity contribution in [1.29, 1.82) is 0 Å². The molecule has 3 rings (SSSR count). The number of thioether (sulfide) groups is 1. The maximum Gasteiger partial charge on any atom is 0.269 e. The molecule has 0 spiro atoms.